The molecule has 3 nitrogen and oxygen atoms in total. The predicted octanol–water partition coefficient (Wildman–Crippen LogP) is 2.85. The van der Waals surface area contributed by atoms with Crippen LogP contribution in [-0.4, -0.2) is 30.4 Å². The van der Waals surface area contributed by atoms with Crippen LogP contribution >= 0.6 is 0 Å². The Hall–Kier alpha value is -0.570. The van der Waals surface area contributed by atoms with Crippen LogP contribution in [0.1, 0.15) is 53.4 Å². The summed E-state index contributed by atoms with van der Waals surface area (Å²) in [5.41, 5.74) is 6.03. The summed E-state index contributed by atoms with van der Waals surface area (Å²) in [7, 11) is 0. The van der Waals surface area contributed by atoms with Crippen molar-refractivity contribution in [1.82, 2.24) is 4.90 Å². The molecule has 0 radical (unpaired) electrons. The molecule has 0 amide bonds. The summed E-state index contributed by atoms with van der Waals surface area (Å²) < 4.78 is 0. The molecule has 100 valence electrons. The molecular weight excluding hydrogens is 210 g/mol. The Balaban J connectivity index is 2.44. The van der Waals surface area contributed by atoms with Gasteiger partial charge in [0.25, 0.3) is 0 Å². The van der Waals surface area contributed by atoms with Gasteiger partial charge in [-0.05, 0) is 44.2 Å². The fourth-order valence-corrected chi connectivity index (χ4v) is 2.62. The lowest BCUT2D eigenvalue weighted by molar-refractivity contribution is 0.227. The molecule has 0 aromatic rings. The van der Waals surface area contributed by atoms with Crippen molar-refractivity contribution in [3.05, 3.63) is 0 Å². The number of amidine groups is 1. The molecule has 1 saturated heterocycles. The first-order chi connectivity index (χ1) is 7.85. The minimum atomic E-state index is -0.149. The first-order valence-corrected chi connectivity index (χ1v) is 6.92. The van der Waals surface area contributed by atoms with Gasteiger partial charge < -0.3 is 10.6 Å². The number of nitrogens with one attached hydrogen (secondary N) is 1. The van der Waals surface area contributed by atoms with E-state index in [1.165, 1.54) is 32.4 Å². The molecule has 0 aromatic heterocycles. The third kappa shape index (κ3) is 3.44. The van der Waals surface area contributed by atoms with Crippen LogP contribution in [0.5, 0.6) is 0 Å². The average molecular weight is 239 g/mol. The molecule has 0 aromatic carbocycles. The largest absolute Gasteiger partial charge is 0.387 e. The molecule has 0 spiro atoms. The van der Waals surface area contributed by atoms with E-state index in [4.69, 9.17) is 11.1 Å². The Kier molecular flexibility index (Phi) is 4.59. The van der Waals surface area contributed by atoms with E-state index in [1.807, 2.05) is 0 Å². The van der Waals surface area contributed by atoms with Gasteiger partial charge in [-0.15, -0.1) is 0 Å². The van der Waals surface area contributed by atoms with E-state index < -0.39 is 0 Å². The Morgan fingerprint density at radius 2 is 1.94 bits per heavy atom. The monoisotopic (exact) mass is 239 g/mol. The molecule has 1 heterocycles. The Bertz CT molecular complexity index is 267. The lowest BCUT2D eigenvalue weighted by Crippen LogP contribution is -2.35. The first-order valence-electron chi connectivity index (χ1n) is 6.92. The predicted molar refractivity (Wildman–Crippen MR) is 74.4 cm³/mol. The summed E-state index contributed by atoms with van der Waals surface area (Å²) in [5, 5.41) is 7.58. The van der Waals surface area contributed by atoms with Gasteiger partial charge in [0.15, 0.2) is 0 Å². The molecule has 3 heteroatoms. The van der Waals surface area contributed by atoms with Crippen LogP contribution < -0.4 is 5.73 Å². The Morgan fingerprint density at radius 1 is 1.35 bits per heavy atom. The number of likely N-dealkylation sites (tertiary alicyclic amines) is 1. The molecule has 1 aliphatic rings. The van der Waals surface area contributed by atoms with Crippen LogP contribution in [0.25, 0.3) is 0 Å². The van der Waals surface area contributed by atoms with Gasteiger partial charge in [-0.2, -0.15) is 0 Å². The van der Waals surface area contributed by atoms with Crippen LogP contribution in [0.3, 0.4) is 0 Å². The fraction of sp³-hybridized carbons (Fsp3) is 0.929. The molecule has 3 N–H and O–H groups in total. The highest BCUT2D eigenvalue weighted by molar-refractivity contribution is 5.82. The normalized spacial score (nSPS) is 20.7. The SMILES string of the molecule is CCC1(CC)CCN(CCC(C)(C)C(=N)N)C1. The fourth-order valence-electron chi connectivity index (χ4n) is 2.62. The van der Waals surface area contributed by atoms with Crippen molar-refractivity contribution in [2.24, 2.45) is 16.6 Å². The van der Waals surface area contributed by atoms with Crippen molar-refractivity contribution in [3.8, 4) is 0 Å². The van der Waals surface area contributed by atoms with E-state index in [-0.39, 0.29) is 5.41 Å². The van der Waals surface area contributed by atoms with Crippen molar-refractivity contribution < 1.29 is 0 Å². The molecule has 0 aliphatic carbocycles. The van der Waals surface area contributed by atoms with Gasteiger partial charge in [0, 0.05) is 12.0 Å². The van der Waals surface area contributed by atoms with Gasteiger partial charge in [0.05, 0.1) is 5.84 Å². The van der Waals surface area contributed by atoms with Gasteiger partial charge in [-0.1, -0.05) is 27.7 Å². The van der Waals surface area contributed by atoms with Crippen LogP contribution in [0.2, 0.25) is 0 Å². The smallest absolute Gasteiger partial charge is 0.0963 e. The molecule has 0 bridgehead atoms. The second-order valence-corrected chi connectivity index (χ2v) is 6.28. The van der Waals surface area contributed by atoms with E-state index in [2.05, 4.69) is 32.6 Å². The minimum Gasteiger partial charge on any atom is -0.387 e. The summed E-state index contributed by atoms with van der Waals surface area (Å²) in [6, 6.07) is 0. The van der Waals surface area contributed by atoms with Crippen LogP contribution in [0, 0.1) is 16.2 Å². The topological polar surface area (TPSA) is 53.1 Å². The zero-order valence-electron chi connectivity index (χ0n) is 12.0. The number of nitrogens with two attached hydrogens (primary N) is 1. The number of hydrogen-bond acceptors (Lipinski definition) is 2. The third-order valence-electron chi connectivity index (χ3n) is 4.80. The highest BCUT2D eigenvalue weighted by Gasteiger charge is 2.35. The van der Waals surface area contributed by atoms with Crippen LogP contribution in [-0.2, 0) is 0 Å². The van der Waals surface area contributed by atoms with Gasteiger partial charge in [-0.3, -0.25) is 5.41 Å². The summed E-state index contributed by atoms with van der Waals surface area (Å²) >= 11 is 0. The average Bonchev–Trinajstić information content (AvgIpc) is 2.71. The lowest BCUT2D eigenvalue weighted by Gasteiger charge is -2.29. The highest BCUT2D eigenvalue weighted by Crippen LogP contribution is 2.37. The van der Waals surface area contributed by atoms with Crippen molar-refractivity contribution >= 4 is 5.84 Å². The van der Waals surface area contributed by atoms with Crippen LogP contribution in [0.4, 0.5) is 0 Å². The molecule has 0 atom stereocenters. The second-order valence-electron chi connectivity index (χ2n) is 6.28. The van der Waals surface area contributed by atoms with Gasteiger partial charge in [-0.25, -0.2) is 0 Å². The van der Waals surface area contributed by atoms with E-state index in [1.54, 1.807) is 0 Å². The minimum absolute atomic E-state index is 0.149. The summed E-state index contributed by atoms with van der Waals surface area (Å²) in [5.74, 6) is 0.314. The maximum Gasteiger partial charge on any atom is 0.0963 e. The van der Waals surface area contributed by atoms with Gasteiger partial charge >= 0.3 is 0 Å². The lowest BCUT2D eigenvalue weighted by atomic mass is 9.82. The Morgan fingerprint density at radius 3 is 2.35 bits per heavy atom. The first kappa shape index (κ1) is 14.5. The summed E-state index contributed by atoms with van der Waals surface area (Å²) in [4.78, 5) is 2.55. The van der Waals surface area contributed by atoms with E-state index in [0.717, 1.165) is 13.0 Å². The number of rotatable bonds is 6. The van der Waals surface area contributed by atoms with E-state index in [9.17, 15) is 0 Å². The van der Waals surface area contributed by atoms with E-state index in [0.29, 0.717) is 11.3 Å². The molecule has 1 fully saturated rings. The molecule has 17 heavy (non-hydrogen) atoms. The molecular formula is C14H29N3. The van der Waals surface area contributed by atoms with Gasteiger partial charge in [0.1, 0.15) is 0 Å². The molecule has 0 saturated carbocycles. The highest BCUT2D eigenvalue weighted by atomic mass is 15.2. The molecule has 1 aliphatic heterocycles. The van der Waals surface area contributed by atoms with Crippen LogP contribution in [0.15, 0.2) is 0 Å². The van der Waals surface area contributed by atoms with E-state index >= 15 is 0 Å². The van der Waals surface area contributed by atoms with Crippen molar-refractivity contribution in [1.29, 1.82) is 5.41 Å². The van der Waals surface area contributed by atoms with Crippen molar-refractivity contribution in [2.75, 3.05) is 19.6 Å². The molecule has 0 unspecified atom stereocenters. The maximum absolute atomic E-state index is 7.58. The standard InChI is InChI=1S/C14H29N3/c1-5-14(6-2)8-10-17(11-14)9-7-13(3,4)12(15)16/h5-11H2,1-4H3,(H3,15,16). The zero-order chi connectivity index (χ0) is 13.1. The quantitative estimate of drug-likeness (QED) is 0.553. The zero-order valence-corrected chi connectivity index (χ0v) is 12.0. The second kappa shape index (κ2) is 5.38. The number of nitrogens with zero attached hydrogens (tertiary/aromatic N) is 1. The molecule has 1 rings (SSSR count). The van der Waals surface area contributed by atoms with Crippen molar-refractivity contribution in [3.63, 3.8) is 0 Å². The summed E-state index contributed by atoms with van der Waals surface area (Å²) in [6.45, 7) is 12.3. The Labute approximate surface area is 106 Å². The third-order valence-corrected chi connectivity index (χ3v) is 4.80. The summed E-state index contributed by atoms with van der Waals surface area (Å²) in [6.07, 6.45) is 4.90. The maximum atomic E-state index is 7.58. The van der Waals surface area contributed by atoms with Gasteiger partial charge in [0.2, 0.25) is 0 Å². The van der Waals surface area contributed by atoms with Crippen molar-refractivity contribution in [2.45, 2.75) is 53.4 Å². The number of hydrogen-bond donors (Lipinski definition) is 2.